The molecule has 1 fully saturated rings. The average molecular weight is 290 g/mol. The highest BCUT2D eigenvalue weighted by molar-refractivity contribution is 7.99. The lowest BCUT2D eigenvalue weighted by atomic mass is 9.95. The number of nitrogens with zero attached hydrogens (tertiary/aromatic N) is 1. The summed E-state index contributed by atoms with van der Waals surface area (Å²) < 4.78 is 0. The van der Waals surface area contributed by atoms with Gasteiger partial charge in [-0.2, -0.15) is 0 Å². The zero-order valence-electron chi connectivity index (χ0n) is 12.0. The fraction of sp³-hybridized carbons (Fsp3) is 0.562. The van der Waals surface area contributed by atoms with Gasteiger partial charge in [-0.05, 0) is 37.9 Å². The molecule has 2 atom stereocenters. The van der Waals surface area contributed by atoms with Crippen LogP contribution in [0.25, 0.3) is 0 Å². The van der Waals surface area contributed by atoms with E-state index in [9.17, 15) is 4.79 Å². The molecule has 2 unspecified atom stereocenters. The first kappa shape index (κ1) is 14.0. The fourth-order valence-corrected chi connectivity index (χ4v) is 4.53. The summed E-state index contributed by atoms with van der Waals surface area (Å²) in [6, 6.07) is 8.73. The first-order chi connectivity index (χ1) is 9.81. The molecule has 3 rings (SSSR count). The highest BCUT2D eigenvalue weighted by atomic mass is 32.2. The summed E-state index contributed by atoms with van der Waals surface area (Å²) in [6.07, 6.45) is 3.52. The predicted octanol–water partition coefficient (Wildman–Crippen LogP) is 2.48. The summed E-state index contributed by atoms with van der Waals surface area (Å²) in [5.74, 6) is 1.30. The SMILES string of the molecule is CNCC1CCCCN1C(=O)C1CSc2ccccc21. The van der Waals surface area contributed by atoms with Gasteiger partial charge in [0.1, 0.15) is 0 Å². The Kier molecular flexibility index (Phi) is 4.32. The van der Waals surface area contributed by atoms with Gasteiger partial charge in [-0.3, -0.25) is 4.79 Å². The second-order valence-electron chi connectivity index (χ2n) is 5.64. The van der Waals surface area contributed by atoms with Gasteiger partial charge in [-0.25, -0.2) is 0 Å². The van der Waals surface area contributed by atoms with Gasteiger partial charge in [0, 0.05) is 29.8 Å². The minimum atomic E-state index is 0.0636. The maximum absolute atomic E-state index is 12.9. The lowest BCUT2D eigenvalue weighted by Crippen LogP contribution is -2.49. The van der Waals surface area contributed by atoms with E-state index in [1.54, 1.807) is 0 Å². The molecule has 0 saturated carbocycles. The highest BCUT2D eigenvalue weighted by Crippen LogP contribution is 2.40. The number of rotatable bonds is 3. The van der Waals surface area contributed by atoms with Crippen molar-refractivity contribution in [2.75, 3.05) is 25.9 Å². The fourth-order valence-electron chi connectivity index (χ4n) is 3.31. The Balaban J connectivity index is 1.78. The smallest absolute Gasteiger partial charge is 0.231 e. The van der Waals surface area contributed by atoms with Crippen molar-refractivity contribution in [1.29, 1.82) is 0 Å². The largest absolute Gasteiger partial charge is 0.338 e. The minimum absolute atomic E-state index is 0.0636. The molecule has 108 valence electrons. The number of thioether (sulfide) groups is 1. The maximum Gasteiger partial charge on any atom is 0.231 e. The number of likely N-dealkylation sites (tertiary alicyclic amines) is 1. The molecule has 0 bridgehead atoms. The van der Waals surface area contributed by atoms with Crippen LogP contribution in [-0.4, -0.2) is 42.7 Å². The van der Waals surface area contributed by atoms with E-state index in [0.29, 0.717) is 11.9 Å². The van der Waals surface area contributed by atoms with Crippen molar-refractivity contribution in [3.8, 4) is 0 Å². The number of piperidine rings is 1. The second-order valence-corrected chi connectivity index (χ2v) is 6.70. The second kappa shape index (κ2) is 6.19. The molecule has 0 radical (unpaired) electrons. The van der Waals surface area contributed by atoms with Gasteiger partial charge in [-0.1, -0.05) is 18.2 Å². The van der Waals surface area contributed by atoms with Crippen LogP contribution in [0.1, 0.15) is 30.7 Å². The minimum Gasteiger partial charge on any atom is -0.338 e. The molecule has 0 spiro atoms. The van der Waals surface area contributed by atoms with Crippen LogP contribution in [0.3, 0.4) is 0 Å². The molecule has 2 aliphatic heterocycles. The van der Waals surface area contributed by atoms with Crippen LogP contribution in [0.5, 0.6) is 0 Å². The molecule has 3 nitrogen and oxygen atoms in total. The van der Waals surface area contributed by atoms with Crippen molar-refractivity contribution in [2.24, 2.45) is 0 Å². The molecule has 20 heavy (non-hydrogen) atoms. The van der Waals surface area contributed by atoms with Crippen molar-refractivity contribution < 1.29 is 4.79 Å². The molecule has 2 heterocycles. The number of fused-ring (bicyclic) bond motifs is 1. The van der Waals surface area contributed by atoms with Crippen LogP contribution in [0, 0.1) is 0 Å². The number of nitrogens with one attached hydrogen (secondary N) is 1. The molecule has 4 heteroatoms. The maximum atomic E-state index is 12.9. The van der Waals surface area contributed by atoms with Crippen LogP contribution in [-0.2, 0) is 4.79 Å². The van der Waals surface area contributed by atoms with E-state index in [0.717, 1.165) is 31.7 Å². The molecule has 1 aromatic rings. The number of hydrogen-bond acceptors (Lipinski definition) is 3. The third kappa shape index (κ3) is 2.59. The molecular formula is C16H22N2OS. The Morgan fingerprint density at radius 2 is 2.25 bits per heavy atom. The summed E-state index contributed by atoms with van der Waals surface area (Å²) in [4.78, 5) is 16.4. The van der Waals surface area contributed by atoms with Crippen LogP contribution >= 0.6 is 11.8 Å². The molecule has 1 aromatic carbocycles. The quantitative estimate of drug-likeness (QED) is 0.928. The topological polar surface area (TPSA) is 32.3 Å². The number of hydrogen-bond donors (Lipinski definition) is 1. The summed E-state index contributed by atoms with van der Waals surface area (Å²) in [7, 11) is 1.97. The van der Waals surface area contributed by atoms with Gasteiger partial charge in [0.25, 0.3) is 0 Å². The van der Waals surface area contributed by atoms with Crippen molar-refractivity contribution in [3.63, 3.8) is 0 Å². The zero-order valence-corrected chi connectivity index (χ0v) is 12.8. The Labute approximate surface area is 125 Å². The molecule has 0 aromatic heterocycles. The van der Waals surface area contributed by atoms with E-state index in [1.165, 1.54) is 16.9 Å². The Hall–Kier alpha value is -1.00. The molecule has 1 saturated heterocycles. The highest BCUT2D eigenvalue weighted by Gasteiger charge is 2.35. The van der Waals surface area contributed by atoms with Gasteiger partial charge in [0.2, 0.25) is 5.91 Å². The lowest BCUT2D eigenvalue weighted by molar-refractivity contribution is -0.135. The standard InChI is InChI=1S/C16H22N2OS/c1-17-10-12-6-4-5-9-18(12)16(19)14-11-20-15-8-3-2-7-13(14)15/h2-3,7-8,12,14,17H,4-6,9-11H2,1H3. The van der Waals surface area contributed by atoms with Crippen molar-refractivity contribution in [1.82, 2.24) is 10.2 Å². The summed E-state index contributed by atoms with van der Waals surface area (Å²) in [6.45, 7) is 1.84. The molecule has 1 amide bonds. The van der Waals surface area contributed by atoms with Crippen LogP contribution in [0.2, 0.25) is 0 Å². The van der Waals surface area contributed by atoms with E-state index in [2.05, 4.69) is 28.4 Å². The normalized spacial score (nSPS) is 25.6. The van der Waals surface area contributed by atoms with Crippen LogP contribution in [0.15, 0.2) is 29.2 Å². The molecule has 2 aliphatic rings. The van der Waals surface area contributed by atoms with Gasteiger partial charge >= 0.3 is 0 Å². The summed E-state index contributed by atoms with van der Waals surface area (Å²) in [5.41, 5.74) is 1.23. The van der Waals surface area contributed by atoms with Crippen LogP contribution in [0.4, 0.5) is 0 Å². The van der Waals surface area contributed by atoms with Gasteiger partial charge in [0.15, 0.2) is 0 Å². The van der Waals surface area contributed by atoms with Crippen molar-refractivity contribution in [2.45, 2.75) is 36.1 Å². The van der Waals surface area contributed by atoms with Gasteiger partial charge in [0.05, 0.1) is 5.92 Å². The Morgan fingerprint density at radius 3 is 3.10 bits per heavy atom. The van der Waals surface area contributed by atoms with Gasteiger partial charge in [-0.15, -0.1) is 11.8 Å². The average Bonchev–Trinajstić information content (AvgIpc) is 2.91. The van der Waals surface area contributed by atoms with Crippen LogP contribution < -0.4 is 5.32 Å². The zero-order chi connectivity index (χ0) is 13.9. The first-order valence-electron chi connectivity index (χ1n) is 7.48. The third-order valence-electron chi connectivity index (χ3n) is 4.35. The van der Waals surface area contributed by atoms with E-state index < -0.39 is 0 Å². The predicted molar refractivity (Wildman–Crippen MR) is 83.2 cm³/mol. The van der Waals surface area contributed by atoms with E-state index in [-0.39, 0.29) is 5.92 Å². The molecular weight excluding hydrogens is 268 g/mol. The van der Waals surface area contributed by atoms with Crippen molar-refractivity contribution in [3.05, 3.63) is 29.8 Å². The number of carbonyl (C=O) groups is 1. The Bertz CT molecular complexity index is 489. The number of likely N-dealkylation sites (N-methyl/N-ethyl adjacent to an activating group) is 1. The Morgan fingerprint density at radius 1 is 1.40 bits per heavy atom. The molecule has 1 N–H and O–H groups in total. The monoisotopic (exact) mass is 290 g/mol. The summed E-state index contributed by atoms with van der Waals surface area (Å²) >= 11 is 1.82. The van der Waals surface area contributed by atoms with E-state index in [4.69, 9.17) is 0 Å². The van der Waals surface area contributed by atoms with Crippen molar-refractivity contribution >= 4 is 17.7 Å². The van der Waals surface area contributed by atoms with E-state index >= 15 is 0 Å². The first-order valence-corrected chi connectivity index (χ1v) is 8.46. The number of benzene rings is 1. The third-order valence-corrected chi connectivity index (χ3v) is 5.53. The lowest BCUT2D eigenvalue weighted by Gasteiger charge is -2.37. The molecule has 0 aliphatic carbocycles. The van der Waals surface area contributed by atoms with Gasteiger partial charge < -0.3 is 10.2 Å². The van der Waals surface area contributed by atoms with E-state index in [1.807, 2.05) is 24.9 Å². The summed E-state index contributed by atoms with van der Waals surface area (Å²) in [5, 5.41) is 3.23. The number of carbonyl (C=O) groups excluding carboxylic acids is 1. The number of amides is 1.